The highest BCUT2D eigenvalue weighted by Crippen LogP contribution is 2.36. The number of hydrogen-bond acceptors (Lipinski definition) is 1. The Morgan fingerprint density at radius 2 is 1.94 bits per heavy atom. The van der Waals surface area contributed by atoms with E-state index in [-0.39, 0.29) is 6.04 Å². The number of hydrogen-bond donors (Lipinski definition) is 1. The SMILES string of the molecule is NC1c2ccccc2CC1Cc1cccc(Br)c1. The maximum absolute atomic E-state index is 6.36. The van der Waals surface area contributed by atoms with Gasteiger partial charge in [0.25, 0.3) is 0 Å². The zero-order chi connectivity index (χ0) is 12.5. The summed E-state index contributed by atoms with van der Waals surface area (Å²) in [4.78, 5) is 0. The molecule has 2 unspecified atom stereocenters. The average Bonchev–Trinajstić information content (AvgIpc) is 2.67. The quantitative estimate of drug-likeness (QED) is 0.895. The Morgan fingerprint density at radius 1 is 1.11 bits per heavy atom. The molecule has 2 aromatic rings. The maximum Gasteiger partial charge on any atom is 0.0332 e. The molecule has 0 fully saturated rings. The first kappa shape index (κ1) is 11.9. The van der Waals surface area contributed by atoms with Gasteiger partial charge in [0, 0.05) is 10.5 Å². The van der Waals surface area contributed by atoms with Crippen LogP contribution in [-0.4, -0.2) is 0 Å². The summed E-state index contributed by atoms with van der Waals surface area (Å²) in [6, 6.07) is 17.3. The summed E-state index contributed by atoms with van der Waals surface area (Å²) in [5.41, 5.74) is 10.5. The van der Waals surface area contributed by atoms with Crippen molar-refractivity contribution in [3.8, 4) is 0 Å². The third-order valence-corrected chi connectivity index (χ3v) is 4.28. The molecule has 0 saturated carbocycles. The highest BCUT2D eigenvalue weighted by atomic mass is 79.9. The molecule has 1 aliphatic rings. The Kier molecular flexibility index (Phi) is 3.23. The molecule has 2 atom stereocenters. The maximum atomic E-state index is 6.36. The molecule has 2 aromatic carbocycles. The normalized spacial score (nSPS) is 21.9. The predicted molar refractivity (Wildman–Crippen MR) is 78.4 cm³/mol. The molecule has 0 amide bonds. The summed E-state index contributed by atoms with van der Waals surface area (Å²) in [5, 5.41) is 0. The van der Waals surface area contributed by atoms with Crippen molar-refractivity contribution in [3.63, 3.8) is 0 Å². The molecular weight excluding hydrogens is 286 g/mol. The number of halogens is 1. The van der Waals surface area contributed by atoms with E-state index in [1.54, 1.807) is 0 Å². The lowest BCUT2D eigenvalue weighted by molar-refractivity contribution is 0.465. The molecule has 0 saturated heterocycles. The number of fused-ring (bicyclic) bond motifs is 1. The van der Waals surface area contributed by atoms with Crippen molar-refractivity contribution in [2.24, 2.45) is 11.7 Å². The molecule has 0 aromatic heterocycles. The van der Waals surface area contributed by atoms with Crippen molar-refractivity contribution in [2.45, 2.75) is 18.9 Å². The minimum absolute atomic E-state index is 0.181. The molecule has 1 nitrogen and oxygen atoms in total. The van der Waals surface area contributed by atoms with Crippen LogP contribution >= 0.6 is 15.9 Å². The number of nitrogens with two attached hydrogens (primary N) is 1. The third-order valence-electron chi connectivity index (χ3n) is 3.79. The third kappa shape index (κ3) is 2.23. The van der Waals surface area contributed by atoms with Crippen molar-refractivity contribution >= 4 is 15.9 Å². The Bertz CT molecular complexity index is 565. The second-order valence-electron chi connectivity index (χ2n) is 5.02. The van der Waals surface area contributed by atoms with Crippen LogP contribution in [0.1, 0.15) is 22.7 Å². The highest BCUT2D eigenvalue weighted by Gasteiger charge is 2.29. The molecule has 0 heterocycles. The summed E-state index contributed by atoms with van der Waals surface area (Å²) in [7, 11) is 0. The van der Waals surface area contributed by atoms with E-state index in [0.717, 1.165) is 17.3 Å². The van der Waals surface area contributed by atoms with Crippen LogP contribution in [0.5, 0.6) is 0 Å². The van der Waals surface area contributed by atoms with Crippen LogP contribution in [0.2, 0.25) is 0 Å². The molecule has 0 aliphatic heterocycles. The van der Waals surface area contributed by atoms with Gasteiger partial charge in [0.1, 0.15) is 0 Å². The van der Waals surface area contributed by atoms with Gasteiger partial charge in [0.2, 0.25) is 0 Å². The van der Waals surface area contributed by atoms with Crippen LogP contribution in [0.25, 0.3) is 0 Å². The average molecular weight is 302 g/mol. The smallest absolute Gasteiger partial charge is 0.0332 e. The van der Waals surface area contributed by atoms with Gasteiger partial charge in [0.15, 0.2) is 0 Å². The van der Waals surface area contributed by atoms with Crippen LogP contribution in [0.3, 0.4) is 0 Å². The van der Waals surface area contributed by atoms with Crippen molar-refractivity contribution in [1.82, 2.24) is 0 Å². The molecule has 0 spiro atoms. The van der Waals surface area contributed by atoms with E-state index in [4.69, 9.17) is 5.73 Å². The fourth-order valence-corrected chi connectivity index (χ4v) is 3.32. The molecule has 0 radical (unpaired) electrons. The molecular formula is C16H16BrN. The Labute approximate surface area is 116 Å². The molecule has 18 heavy (non-hydrogen) atoms. The molecule has 1 aliphatic carbocycles. The van der Waals surface area contributed by atoms with Crippen LogP contribution in [0.15, 0.2) is 53.0 Å². The van der Waals surface area contributed by atoms with E-state index >= 15 is 0 Å². The van der Waals surface area contributed by atoms with E-state index < -0.39 is 0 Å². The minimum Gasteiger partial charge on any atom is -0.324 e. The Morgan fingerprint density at radius 3 is 2.72 bits per heavy atom. The van der Waals surface area contributed by atoms with Gasteiger partial charge in [-0.25, -0.2) is 0 Å². The predicted octanol–water partition coefficient (Wildman–Crippen LogP) is 3.86. The lowest BCUT2D eigenvalue weighted by Crippen LogP contribution is -2.18. The number of rotatable bonds is 2. The van der Waals surface area contributed by atoms with Gasteiger partial charge >= 0.3 is 0 Å². The molecule has 3 rings (SSSR count). The van der Waals surface area contributed by atoms with Gasteiger partial charge in [-0.3, -0.25) is 0 Å². The summed E-state index contributed by atoms with van der Waals surface area (Å²) in [5.74, 6) is 0.525. The molecule has 2 N–H and O–H groups in total. The standard InChI is InChI=1S/C16H16BrN/c17-14-6-3-4-11(9-14)8-13-10-12-5-1-2-7-15(12)16(13)18/h1-7,9,13,16H,8,10,18H2. The van der Waals surface area contributed by atoms with E-state index in [2.05, 4.69) is 64.5 Å². The second kappa shape index (κ2) is 4.87. The van der Waals surface area contributed by atoms with E-state index in [9.17, 15) is 0 Å². The van der Waals surface area contributed by atoms with Gasteiger partial charge < -0.3 is 5.73 Å². The first-order valence-corrected chi connectivity index (χ1v) is 7.11. The molecule has 92 valence electrons. The van der Waals surface area contributed by atoms with Gasteiger partial charge in [-0.1, -0.05) is 52.3 Å². The zero-order valence-electron chi connectivity index (χ0n) is 10.1. The zero-order valence-corrected chi connectivity index (χ0v) is 11.7. The van der Waals surface area contributed by atoms with Gasteiger partial charge in [-0.2, -0.15) is 0 Å². The lowest BCUT2D eigenvalue weighted by atomic mass is 9.93. The van der Waals surface area contributed by atoms with Gasteiger partial charge in [0.05, 0.1) is 0 Å². The van der Waals surface area contributed by atoms with Crippen LogP contribution < -0.4 is 5.73 Å². The monoisotopic (exact) mass is 301 g/mol. The fourth-order valence-electron chi connectivity index (χ4n) is 2.87. The van der Waals surface area contributed by atoms with Crippen molar-refractivity contribution in [3.05, 3.63) is 69.7 Å². The Hall–Kier alpha value is -1.12. The summed E-state index contributed by atoms with van der Waals surface area (Å²) < 4.78 is 1.14. The largest absolute Gasteiger partial charge is 0.324 e. The lowest BCUT2D eigenvalue weighted by Gasteiger charge is -2.16. The van der Waals surface area contributed by atoms with Crippen molar-refractivity contribution < 1.29 is 0 Å². The Balaban J connectivity index is 1.81. The molecule has 0 bridgehead atoms. The molecule has 2 heteroatoms. The van der Waals surface area contributed by atoms with Crippen LogP contribution in [-0.2, 0) is 12.8 Å². The fraction of sp³-hybridized carbons (Fsp3) is 0.250. The van der Waals surface area contributed by atoms with Crippen molar-refractivity contribution in [2.75, 3.05) is 0 Å². The van der Waals surface area contributed by atoms with Crippen LogP contribution in [0.4, 0.5) is 0 Å². The summed E-state index contributed by atoms with van der Waals surface area (Å²) >= 11 is 3.52. The highest BCUT2D eigenvalue weighted by molar-refractivity contribution is 9.10. The first-order valence-electron chi connectivity index (χ1n) is 6.32. The summed E-state index contributed by atoms with van der Waals surface area (Å²) in [6.07, 6.45) is 2.15. The van der Waals surface area contributed by atoms with Crippen molar-refractivity contribution in [1.29, 1.82) is 0 Å². The first-order chi connectivity index (χ1) is 8.74. The van der Waals surface area contributed by atoms with Gasteiger partial charge in [-0.15, -0.1) is 0 Å². The summed E-state index contributed by atoms with van der Waals surface area (Å²) in [6.45, 7) is 0. The van der Waals surface area contributed by atoms with E-state index in [0.29, 0.717) is 5.92 Å². The topological polar surface area (TPSA) is 26.0 Å². The van der Waals surface area contributed by atoms with E-state index in [1.807, 2.05) is 0 Å². The van der Waals surface area contributed by atoms with Crippen LogP contribution in [0, 0.1) is 5.92 Å². The van der Waals surface area contributed by atoms with E-state index in [1.165, 1.54) is 16.7 Å². The van der Waals surface area contributed by atoms with Gasteiger partial charge in [-0.05, 0) is 47.6 Å². The minimum atomic E-state index is 0.181. The number of benzene rings is 2. The second-order valence-corrected chi connectivity index (χ2v) is 5.94.